The fourth-order valence-electron chi connectivity index (χ4n) is 2.80. The Hall–Kier alpha value is -2.13. The molecule has 1 fully saturated rings. The lowest BCUT2D eigenvalue weighted by molar-refractivity contribution is -0.141. The molecule has 0 bridgehead atoms. The first-order chi connectivity index (χ1) is 10.8. The minimum Gasteiger partial charge on any atom is -0.481 e. The highest BCUT2D eigenvalue weighted by molar-refractivity contribution is 7.89. The van der Waals surface area contributed by atoms with Crippen molar-refractivity contribution in [2.75, 3.05) is 13.1 Å². The first kappa shape index (κ1) is 15.8. The van der Waals surface area contributed by atoms with Gasteiger partial charge < -0.3 is 9.52 Å². The van der Waals surface area contributed by atoms with E-state index in [4.69, 9.17) is 9.52 Å². The van der Waals surface area contributed by atoms with Crippen molar-refractivity contribution in [2.45, 2.75) is 24.8 Å². The Morgan fingerprint density at radius 3 is 2.78 bits per heavy atom. The SMILES string of the molecule is CCn1c(=O)oc2cc(S(=O)(=O)N3CCC(C(=O)O)C3)ccc21. The Kier molecular flexibility index (Phi) is 3.77. The fourth-order valence-corrected chi connectivity index (χ4v) is 4.32. The summed E-state index contributed by atoms with van der Waals surface area (Å²) in [5.74, 6) is -2.22. The van der Waals surface area contributed by atoms with E-state index in [9.17, 15) is 18.0 Å². The van der Waals surface area contributed by atoms with E-state index in [0.29, 0.717) is 12.1 Å². The minimum absolute atomic E-state index is 0.00644. The van der Waals surface area contributed by atoms with E-state index in [1.165, 1.54) is 22.8 Å². The van der Waals surface area contributed by atoms with Crippen LogP contribution >= 0.6 is 0 Å². The molecule has 1 N–H and O–H groups in total. The van der Waals surface area contributed by atoms with Crippen molar-refractivity contribution in [2.24, 2.45) is 5.92 Å². The van der Waals surface area contributed by atoms with Crippen LogP contribution in [0, 0.1) is 5.92 Å². The highest BCUT2D eigenvalue weighted by atomic mass is 32.2. The van der Waals surface area contributed by atoms with Crippen LogP contribution in [0.5, 0.6) is 0 Å². The molecule has 124 valence electrons. The lowest BCUT2D eigenvalue weighted by Gasteiger charge is -2.15. The fraction of sp³-hybridized carbons (Fsp3) is 0.429. The Morgan fingerprint density at radius 1 is 1.43 bits per heavy atom. The van der Waals surface area contributed by atoms with Crippen LogP contribution in [0.1, 0.15) is 13.3 Å². The molecule has 2 aromatic rings. The number of nitrogens with zero attached hydrogens (tertiary/aromatic N) is 2. The van der Waals surface area contributed by atoms with Gasteiger partial charge in [-0.1, -0.05) is 0 Å². The summed E-state index contributed by atoms with van der Waals surface area (Å²) in [5, 5.41) is 9.00. The Bertz CT molecular complexity index is 926. The number of rotatable bonds is 4. The van der Waals surface area contributed by atoms with Crippen molar-refractivity contribution in [3.8, 4) is 0 Å². The lowest BCUT2D eigenvalue weighted by atomic mass is 10.1. The number of hydrogen-bond donors (Lipinski definition) is 1. The third kappa shape index (κ3) is 2.55. The van der Waals surface area contributed by atoms with Crippen LogP contribution in [0.25, 0.3) is 11.1 Å². The summed E-state index contributed by atoms with van der Waals surface area (Å²) in [4.78, 5) is 22.7. The third-order valence-corrected chi connectivity index (χ3v) is 5.96. The Balaban J connectivity index is 1.99. The molecule has 23 heavy (non-hydrogen) atoms. The molecule has 1 saturated heterocycles. The van der Waals surface area contributed by atoms with Gasteiger partial charge in [0.05, 0.1) is 16.3 Å². The molecule has 1 aromatic heterocycles. The summed E-state index contributed by atoms with van der Waals surface area (Å²) in [5.41, 5.74) is 0.730. The van der Waals surface area contributed by atoms with Crippen molar-refractivity contribution in [1.82, 2.24) is 8.87 Å². The summed E-state index contributed by atoms with van der Waals surface area (Å²) in [7, 11) is -3.81. The first-order valence-electron chi connectivity index (χ1n) is 7.21. The van der Waals surface area contributed by atoms with Crippen molar-refractivity contribution in [1.29, 1.82) is 0 Å². The molecule has 2 heterocycles. The molecule has 9 heteroatoms. The lowest BCUT2D eigenvalue weighted by Crippen LogP contribution is -2.30. The van der Waals surface area contributed by atoms with Gasteiger partial charge in [-0.05, 0) is 25.5 Å². The number of carbonyl (C=O) groups is 1. The number of oxazole rings is 1. The van der Waals surface area contributed by atoms with Gasteiger partial charge in [0.1, 0.15) is 0 Å². The molecule has 0 amide bonds. The van der Waals surface area contributed by atoms with E-state index >= 15 is 0 Å². The molecule has 1 unspecified atom stereocenters. The molecule has 0 spiro atoms. The summed E-state index contributed by atoms with van der Waals surface area (Å²) in [6.45, 7) is 2.33. The minimum atomic E-state index is -3.81. The average Bonchev–Trinajstić information content (AvgIpc) is 3.10. The molecule has 1 aliphatic rings. The number of aromatic nitrogens is 1. The molecule has 1 atom stereocenters. The molecule has 0 radical (unpaired) electrons. The second kappa shape index (κ2) is 5.50. The van der Waals surface area contributed by atoms with Gasteiger partial charge in [0.25, 0.3) is 0 Å². The van der Waals surface area contributed by atoms with Crippen molar-refractivity contribution >= 4 is 27.1 Å². The van der Waals surface area contributed by atoms with E-state index in [0.717, 1.165) is 4.31 Å². The van der Waals surface area contributed by atoms with Gasteiger partial charge in [-0.3, -0.25) is 9.36 Å². The number of hydrogen-bond acceptors (Lipinski definition) is 5. The van der Waals surface area contributed by atoms with Crippen molar-refractivity contribution in [3.05, 3.63) is 28.7 Å². The van der Waals surface area contributed by atoms with Gasteiger partial charge in [-0.2, -0.15) is 4.31 Å². The maximum Gasteiger partial charge on any atom is 0.419 e. The molecular formula is C14H16N2O6S. The number of carboxylic acids is 1. The second-order valence-corrected chi connectivity index (χ2v) is 7.37. The molecule has 3 rings (SSSR count). The van der Waals surface area contributed by atoms with Crippen molar-refractivity contribution < 1.29 is 22.7 Å². The van der Waals surface area contributed by atoms with Crippen LogP contribution in [-0.2, 0) is 21.4 Å². The summed E-state index contributed by atoms with van der Waals surface area (Å²) < 4.78 is 32.9. The van der Waals surface area contributed by atoms with Gasteiger partial charge in [0.2, 0.25) is 10.0 Å². The predicted octanol–water partition coefficient (Wildman–Crippen LogP) is 0.710. The number of aliphatic carboxylic acids is 1. The smallest absolute Gasteiger partial charge is 0.419 e. The van der Waals surface area contributed by atoms with Crippen LogP contribution in [0.4, 0.5) is 0 Å². The van der Waals surface area contributed by atoms with Crippen LogP contribution < -0.4 is 5.76 Å². The number of aryl methyl sites for hydroxylation is 1. The maximum absolute atomic E-state index is 12.6. The van der Waals surface area contributed by atoms with E-state index in [1.54, 1.807) is 6.92 Å². The summed E-state index contributed by atoms with van der Waals surface area (Å²) >= 11 is 0. The topological polar surface area (TPSA) is 110 Å². The monoisotopic (exact) mass is 340 g/mol. The third-order valence-electron chi connectivity index (χ3n) is 4.09. The summed E-state index contributed by atoms with van der Waals surface area (Å²) in [6.07, 6.45) is 0.290. The number of benzene rings is 1. The second-order valence-electron chi connectivity index (χ2n) is 5.43. The highest BCUT2D eigenvalue weighted by Gasteiger charge is 2.36. The van der Waals surface area contributed by atoms with Crippen LogP contribution in [0.15, 0.2) is 32.3 Å². The van der Waals surface area contributed by atoms with Gasteiger partial charge >= 0.3 is 11.7 Å². The van der Waals surface area contributed by atoms with E-state index in [1.807, 2.05) is 0 Å². The highest BCUT2D eigenvalue weighted by Crippen LogP contribution is 2.26. The van der Waals surface area contributed by atoms with Crippen LogP contribution in [0.2, 0.25) is 0 Å². The van der Waals surface area contributed by atoms with E-state index in [-0.39, 0.29) is 30.0 Å². The van der Waals surface area contributed by atoms with E-state index in [2.05, 4.69) is 0 Å². The zero-order valence-electron chi connectivity index (χ0n) is 12.4. The van der Waals surface area contributed by atoms with Crippen LogP contribution in [0.3, 0.4) is 0 Å². The number of sulfonamides is 1. The quantitative estimate of drug-likeness (QED) is 0.878. The molecule has 0 aliphatic carbocycles. The Morgan fingerprint density at radius 2 is 2.17 bits per heavy atom. The molecule has 0 saturated carbocycles. The molecular weight excluding hydrogens is 324 g/mol. The largest absolute Gasteiger partial charge is 0.481 e. The average molecular weight is 340 g/mol. The number of carboxylic acid groups (broad SMARTS) is 1. The molecule has 1 aliphatic heterocycles. The van der Waals surface area contributed by atoms with Gasteiger partial charge in [-0.25, -0.2) is 13.2 Å². The van der Waals surface area contributed by atoms with Crippen LogP contribution in [-0.4, -0.2) is 41.5 Å². The maximum atomic E-state index is 12.6. The standard InChI is InChI=1S/C14H16N2O6S/c1-2-16-11-4-3-10(7-12(11)22-14(16)19)23(20,21)15-6-5-9(8-15)13(17)18/h3-4,7,9H,2,5-6,8H2,1H3,(H,17,18). The summed E-state index contributed by atoms with van der Waals surface area (Å²) in [6, 6.07) is 4.25. The first-order valence-corrected chi connectivity index (χ1v) is 8.65. The van der Waals surface area contributed by atoms with Gasteiger partial charge in [-0.15, -0.1) is 0 Å². The van der Waals surface area contributed by atoms with Gasteiger partial charge in [0.15, 0.2) is 5.58 Å². The van der Waals surface area contributed by atoms with E-state index < -0.39 is 27.7 Å². The predicted molar refractivity (Wildman–Crippen MR) is 80.6 cm³/mol. The van der Waals surface area contributed by atoms with Gasteiger partial charge in [0, 0.05) is 25.7 Å². The Labute approximate surface area is 132 Å². The molecule has 8 nitrogen and oxygen atoms in total. The normalized spacial score (nSPS) is 19.4. The zero-order chi connectivity index (χ0) is 16.8. The number of fused-ring (bicyclic) bond motifs is 1. The van der Waals surface area contributed by atoms with Crippen molar-refractivity contribution in [3.63, 3.8) is 0 Å². The molecule has 1 aromatic carbocycles. The zero-order valence-corrected chi connectivity index (χ0v) is 13.2.